The molecule has 0 aliphatic rings. The Morgan fingerprint density at radius 1 is 1.11 bits per heavy atom. The standard InChI is InChI=1S/C13H10BrF3S/c1-2-7-3-4-12(18-7)13(14)8-5-10(16)11(17)6-9(8)15/h3-6,13H,2H2,1H3. The zero-order valence-corrected chi connectivity index (χ0v) is 11.9. The van der Waals surface area contributed by atoms with E-state index in [1.165, 1.54) is 11.3 Å². The Balaban J connectivity index is 2.39. The van der Waals surface area contributed by atoms with E-state index >= 15 is 0 Å². The van der Waals surface area contributed by atoms with Crippen LogP contribution in [0.5, 0.6) is 0 Å². The third kappa shape index (κ3) is 2.62. The van der Waals surface area contributed by atoms with Gasteiger partial charge in [0.25, 0.3) is 0 Å². The molecule has 1 aromatic heterocycles. The highest BCUT2D eigenvalue weighted by molar-refractivity contribution is 9.09. The Hall–Kier alpha value is -0.810. The van der Waals surface area contributed by atoms with E-state index in [1.807, 2.05) is 19.1 Å². The van der Waals surface area contributed by atoms with Crippen molar-refractivity contribution < 1.29 is 13.2 Å². The summed E-state index contributed by atoms with van der Waals surface area (Å²) in [4.78, 5) is 1.58. The van der Waals surface area contributed by atoms with Crippen molar-refractivity contribution in [1.82, 2.24) is 0 Å². The summed E-state index contributed by atoms with van der Waals surface area (Å²) in [6.07, 6.45) is 0.893. The van der Waals surface area contributed by atoms with E-state index in [0.717, 1.165) is 22.2 Å². The molecule has 0 aliphatic carbocycles. The van der Waals surface area contributed by atoms with Crippen LogP contribution in [0.1, 0.15) is 27.1 Å². The summed E-state index contributed by atoms with van der Waals surface area (Å²) < 4.78 is 39.6. The second-order valence-corrected chi connectivity index (χ2v) is 5.92. The van der Waals surface area contributed by atoms with Crippen LogP contribution in [0.25, 0.3) is 0 Å². The average molecular weight is 335 g/mol. The molecule has 2 aromatic rings. The van der Waals surface area contributed by atoms with E-state index in [4.69, 9.17) is 0 Å². The van der Waals surface area contributed by atoms with Crippen molar-refractivity contribution in [2.75, 3.05) is 0 Å². The minimum absolute atomic E-state index is 0.110. The average Bonchev–Trinajstić information content (AvgIpc) is 2.81. The normalized spacial score (nSPS) is 12.7. The molecule has 0 N–H and O–H groups in total. The van der Waals surface area contributed by atoms with E-state index in [9.17, 15) is 13.2 Å². The topological polar surface area (TPSA) is 0 Å². The summed E-state index contributed by atoms with van der Waals surface area (Å²) in [6.45, 7) is 2.02. The number of aryl methyl sites for hydroxylation is 1. The highest BCUT2D eigenvalue weighted by atomic mass is 79.9. The fourth-order valence-corrected chi connectivity index (χ4v) is 3.34. The van der Waals surface area contributed by atoms with Crippen molar-refractivity contribution in [3.05, 3.63) is 57.0 Å². The predicted molar refractivity (Wildman–Crippen MR) is 70.8 cm³/mol. The molecular weight excluding hydrogens is 325 g/mol. The van der Waals surface area contributed by atoms with Crippen LogP contribution in [0.4, 0.5) is 13.2 Å². The highest BCUT2D eigenvalue weighted by Gasteiger charge is 2.19. The Bertz CT molecular complexity index is 565. The maximum absolute atomic E-state index is 13.6. The Kier molecular flexibility index (Phi) is 4.12. The number of alkyl halides is 1. The molecule has 0 saturated heterocycles. The lowest BCUT2D eigenvalue weighted by molar-refractivity contribution is 0.491. The van der Waals surface area contributed by atoms with Crippen molar-refractivity contribution in [2.45, 2.75) is 18.2 Å². The van der Waals surface area contributed by atoms with E-state index in [1.54, 1.807) is 0 Å². The van der Waals surface area contributed by atoms with E-state index < -0.39 is 22.3 Å². The van der Waals surface area contributed by atoms with Crippen LogP contribution in [-0.2, 0) is 6.42 Å². The van der Waals surface area contributed by atoms with Crippen molar-refractivity contribution in [1.29, 1.82) is 0 Å². The number of hydrogen-bond acceptors (Lipinski definition) is 1. The first-order valence-corrected chi connectivity index (χ1v) is 7.13. The third-order valence-corrected chi connectivity index (χ3v) is 5.18. The predicted octanol–water partition coefficient (Wildman–Crippen LogP) is 5.21. The van der Waals surface area contributed by atoms with Gasteiger partial charge in [-0.25, -0.2) is 13.2 Å². The first-order valence-electron chi connectivity index (χ1n) is 5.40. The molecule has 0 spiro atoms. The zero-order valence-electron chi connectivity index (χ0n) is 9.51. The first-order chi connectivity index (χ1) is 8.52. The fourth-order valence-electron chi connectivity index (χ4n) is 1.61. The van der Waals surface area contributed by atoms with Gasteiger partial charge in [0.1, 0.15) is 5.82 Å². The van der Waals surface area contributed by atoms with Gasteiger partial charge in [0.15, 0.2) is 11.6 Å². The zero-order chi connectivity index (χ0) is 13.3. The Labute approximate surface area is 116 Å². The summed E-state index contributed by atoms with van der Waals surface area (Å²) in [6, 6.07) is 5.29. The van der Waals surface area contributed by atoms with Gasteiger partial charge in [0.05, 0.1) is 4.83 Å². The van der Waals surface area contributed by atoms with Crippen molar-refractivity contribution in [2.24, 2.45) is 0 Å². The molecule has 1 atom stereocenters. The van der Waals surface area contributed by atoms with Gasteiger partial charge in [0, 0.05) is 21.4 Å². The number of benzene rings is 1. The van der Waals surface area contributed by atoms with Gasteiger partial charge in [-0.2, -0.15) is 0 Å². The van der Waals surface area contributed by atoms with E-state index in [2.05, 4.69) is 15.9 Å². The maximum Gasteiger partial charge on any atom is 0.161 e. The second-order valence-electron chi connectivity index (χ2n) is 3.81. The lowest BCUT2D eigenvalue weighted by atomic mass is 10.1. The molecule has 1 heterocycles. The monoisotopic (exact) mass is 334 g/mol. The van der Waals surface area contributed by atoms with Gasteiger partial charge in [0.2, 0.25) is 0 Å². The molecule has 1 unspecified atom stereocenters. The van der Waals surface area contributed by atoms with Crippen LogP contribution in [0, 0.1) is 17.5 Å². The molecule has 2 rings (SSSR count). The smallest absolute Gasteiger partial charge is 0.161 e. The molecular formula is C13H10BrF3S. The van der Waals surface area contributed by atoms with Gasteiger partial charge in [-0.3, -0.25) is 0 Å². The minimum atomic E-state index is -1.17. The van der Waals surface area contributed by atoms with Gasteiger partial charge in [-0.15, -0.1) is 11.3 Å². The molecule has 0 fully saturated rings. The second kappa shape index (κ2) is 5.45. The van der Waals surface area contributed by atoms with Gasteiger partial charge < -0.3 is 0 Å². The van der Waals surface area contributed by atoms with Crippen LogP contribution >= 0.6 is 27.3 Å². The van der Waals surface area contributed by atoms with E-state index in [-0.39, 0.29) is 5.56 Å². The third-order valence-electron chi connectivity index (χ3n) is 2.59. The molecule has 0 amide bonds. The molecule has 0 aliphatic heterocycles. The lowest BCUT2D eigenvalue weighted by Gasteiger charge is -2.10. The van der Waals surface area contributed by atoms with Crippen molar-refractivity contribution in [3.8, 4) is 0 Å². The Morgan fingerprint density at radius 2 is 1.78 bits per heavy atom. The number of halogens is 4. The summed E-state index contributed by atoms with van der Waals surface area (Å²) >= 11 is 4.85. The minimum Gasteiger partial charge on any atom is -0.207 e. The number of rotatable bonds is 3. The largest absolute Gasteiger partial charge is 0.207 e. The van der Waals surface area contributed by atoms with Gasteiger partial charge in [-0.05, 0) is 24.6 Å². The van der Waals surface area contributed by atoms with Gasteiger partial charge in [-0.1, -0.05) is 22.9 Å². The molecule has 0 nitrogen and oxygen atoms in total. The SMILES string of the molecule is CCc1ccc(C(Br)c2cc(F)c(F)cc2F)s1. The summed E-state index contributed by atoms with van der Waals surface area (Å²) in [5, 5.41) is 0. The summed E-state index contributed by atoms with van der Waals surface area (Å²) in [5.41, 5.74) is 0.110. The summed E-state index contributed by atoms with van der Waals surface area (Å²) in [5.74, 6) is -2.96. The molecule has 5 heteroatoms. The quantitative estimate of drug-likeness (QED) is 0.533. The molecule has 1 aromatic carbocycles. The molecule has 96 valence electrons. The van der Waals surface area contributed by atoms with Crippen LogP contribution < -0.4 is 0 Å². The number of thiophene rings is 1. The molecule has 18 heavy (non-hydrogen) atoms. The van der Waals surface area contributed by atoms with Crippen LogP contribution in [0.2, 0.25) is 0 Å². The highest BCUT2D eigenvalue weighted by Crippen LogP contribution is 2.37. The molecule has 0 radical (unpaired) electrons. The van der Waals surface area contributed by atoms with Crippen molar-refractivity contribution in [3.63, 3.8) is 0 Å². The maximum atomic E-state index is 13.6. The number of hydrogen-bond donors (Lipinski definition) is 0. The molecule has 0 bridgehead atoms. The first kappa shape index (κ1) is 13.6. The van der Waals surface area contributed by atoms with Crippen LogP contribution in [-0.4, -0.2) is 0 Å². The molecule has 0 saturated carbocycles. The van der Waals surface area contributed by atoms with Crippen LogP contribution in [0.3, 0.4) is 0 Å². The Morgan fingerprint density at radius 3 is 2.39 bits per heavy atom. The summed E-state index contributed by atoms with van der Waals surface area (Å²) in [7, 11) is 0. The fraction of sp³-hybridized carbons (Fsp3) is 0.231. The van der Waals surface area contributed by atoms with Gasteiger partial charge >= 0.3 is 0 Å². The lowest BCUT2D eigenvalue weighted by Crippen LogP contribution is -1.98. The van der Waals surface area contributed by atoms with E-state index in [0.29, 0.717) is 6.07 Å². The van der Waals surface area contributed by atoms with Crippen molar-refractivity contribution >= 4 is 27.3 Å². The van der Waals surface area contributed by atoms with Crippen LogP contribution in [0.15, 0.2) is 24.3 Å².